The molecule has 2 aromatic carbocycles. The molecule has 2 aromatic heterocycles. The number of hydrogen-bond acceptors (Lipinski definition) is 2. The van der Waals surface area contributed by atoms with Crippen molar-refractivity contribution in [1.82, 2.24) is 4.57 Å². The molecule has 0 spiro atoms. The van der Waals surface area contributed by atoms with E-state index in [9.17, 15) is 4.39 Å². The van der Waals surface area contributed by atoms with Crippen LogP contribution in [0.4, 0.5) is 4.39 Å². The number of hydrogen-bond donors (Lipinski definition) is 0. The molecule has 4 aromatic rings. The minimum absolute atomic E-state index is 0.306. The van der Waals surface area contributed by atoms with Crippen LogP contribution in [0.15, 0.2) is 64.1 Å². The number of rotatable bonds is 2. The lowest BCUT2D eigenvalue weighted by atomic mass is 10.1. The normalized spacial score (nSPS) is 15.2. The summed E-state index contributed by atoms with van der Waals surface area (Å²) in [6.07, 6.45) is -0.368. The van der Waals surface area contributed by atoms with Crippen LogP contribution in [-0.2, 0) is 0 Å². The van der Waals surface area contributed by atoms with E-state index < -0.39 is 0 Å². The largest absolute Gasteiger partial charge is 0.464 e. The van der Waals surface area contributed by atoms with Crippen LogP contribution in [0.2, 0.25) is 0 Å². The van der Waals surface area contributed by atoms with E-state index in [1.807, 2.05) is 37.3 Å². The Morgan fingerprint density at radius 2 is 1.93 bits per heavy atom. The van der Waals surface area contributed by atoms with Crippen LogP contribution in [0.3, 0.4) is 0 Å². The summed E-state index contributed by atoms with van der Waals surface area (Å²) < 4.78 is 25.0. The van der Waals surface area contributed by atoms with E-state index in [-0.39, 0.29) is 12.0 Å². The highest BCUT2D eigenvalue weighted by atomic mass is 79.9. The molecule has 0 N–H and O–H groups in total. The Balaban J connectivity index is 1.81. The van der Waals surface area contributed by atoms with E-state index in [1.54, 1.807) is 11.3 Å². The molecule has 1 atom stereocenters. The molecule has 0 bridgehead atoms. The summed E-state index contributed by atoms with van der Waals surface area (Å²) in [4.78, 5) is 2.16. The molecule has 2 nitrogen and oxygen atoms in total. The van der Waals surface area contributed by atoms with Crippen molar-refractivity contribution < 1.29 is 9.13 Å². The van der Waals surface area contributed by atoms with Gasteiger partial charge in [0.2, 0.25) is 6.23 Å². The number of aromatic nitrogens is 1. The summed E-state index contributed by atoms with van der Waals surface area (Å²) in [5, 5.41) is 1.03. The smallest absolute Gasteiger partial charge is 0.212 e. The standard InChI is InChI=1S/C22H14Br2FNOS/c1-11(2)19-5-6-20(28-19)22-26-16-4-3-13(23)7-12(16)8-17(26)21-15(25)9-14(24)10-18(21)27-22/h3-10,22H,1H2,2H3. The first-order valence-electron chi connectivity index (χ1n) is 8.64. The molecule has 5 rings (SSSR count). The van der Waals surface area contributed by atoms with Crippen molar-refractivity contribution in [2.45, 2.75) is 13.2 Å². The van der Waals surface area contributed by atoms with Crippen LogP contribution in [-0.4, -0.2) is 4.57 Å². The average molecular weight is 519 g/mol. The maximum Gasteiger partial charge on any atom is 0.212 e. The fraction of sp³-hybridized carbons (Fsp3) is 0.0909. The molecular formula is C22H14Br2FNOS. The summed E-state index contributed by atoms with van der Waals surface area (Å²) in [5.41, 5.74) is 3.32. The summed E-state index contributed by atoms with van der Waals surface area (Å²) in [6, 6.07) is 15.5. The zero-order valence-corrected chi connectivity index (χ0v) is 18.8. The summed E-state index contributed by atoms with van der Waals surface area (Å²) in [6.45, 7) is 6.03. The van der Waals surface area contributed by atoms with Crippen molar-refractivity contribution in [3.63, 3.8) is 0 Å². The topological polar surface area (TPSA) is 14.2 Å². The van der Waals surface area contributed by atoms with E-state index in [0.717, 1.165) is 36.4 Å². The highest BCUT2D eigenvalue weighted by Crippen LogP contribution is 2.47. The Labute approximate surface area is 182 Å². The highest BCUT2D eigenvalue weighted by Gasteiger charge is 2.32. The molecule has 0 radical (unpaired) electrons. The number of ether oxygens (including phenoxy) is 1. The van der Waals surface area contributed by atoms with Crippen molar-refractivity contribution in [1.29, 1.82) is 0 Å². The van der Waals surface area contributed by atoms with Gasteiger partial charge in [-0.05, 0) is 61.0 Å². The quantitative estimate of drug-likeness (QED) is 0.262. The zero-order chi connectivity index (χ0) is 19.6. The van der Waals surface area contributed by atoms with Gasteiger partial charge in [0.15, 0.2) is 0 Å². The lowest BCUT2D eigenvalue weighted by molar-refractivity contribution is 0.176. The molecule has 1 aliphatic rings. The summed E-state index contributed by atoms with van der Waals surface area (Å²) in [7, 11) is 0. The molecule has 0 aliphatic carbocycles. The van der Waals surface area contributed by atoms with Crippen molar-refractivity contribution in [3.05, 3.63) is 79.6 Å². The van der Waals surface area contributed by atoms with Crippen LogP contribution in [0, 0.1) is 5.82 Å². The molecule has 0 saturated carbocycles. The molecule has 3 heterocycles. The second kappa shape index (κ2) is 6.58. The predicted octanol–water partition coefficient (Wildman–Crippen LogP) is 8.01. The average Bonchev–Trinajstić information content (AvgIpc) is 3.24. The number of thiophene rings is 1. The summed E-state index contributed by atoms with van der Waals surface area (Å²) >= 11 is 8.56. The molecule has 1 aliphatic heterocycles. The number of benzene rings is 2. The fourth-order valence-corrected chi connectivity index (χ4v) is 5.36. The molecular weight excluding hydrogens is 505 g/mol. The Hall–Kier alpha value is -1.89. The molecule has 1 unspecified atom stereocenters. The van der Waals surface area contributed by atoms with Crippen LogP contribution in [0.1, 0.15) is 22.9 Å². The van der Waals surface area contributed by atoms with Gasteiger partial charge in [-0.15, -0.1) is 11.3 Å². The zero-order valence-electron chi connectivity index (χ0n) is 14.8. The Kier molecular flexibility index (Phi) is 4.27. The van der Waals surface area contributed by atoms with Gasteiger partial charge in [0.05, 0.1) is 21.7 Å². The molecule has 140 valence electrons. The molecule has 28 heavy (non-hydrogen) atoms. The molecule has 0 amide bonds. The van der Waals surface area contributed by atoms with Crippen molar-refractivity contribution in [2.24, 2.45) is 0 Å². The van der Waals surface area contributed by atoms with Crippen molar-refractivity contribution in [3.8, 4) is 17.0 Å². The second-order valence-corrected chi connectivity index (χ2v) is 9.76. The van der Waals surface area contributed by atoms with Gasteiger partial charge in [-0.3, -0.25) is 4.57 Å². The maximum absolute atomic E-state index is 14.9. The first-order valence-corrected chi connectivity index (χ1v) is 11.0. The van der Waals surface area contributed by atoms with Crippen molar-refractivity contribution in [2.75, 3.05) is 0 Å². The SMILES string of the molecule is C=C(C)c1ccc(C2Oc3cc(Br)cc(F)c3-c3cc4cc(Br)ccc4n32)s1. The monoisotopic (exact) mass is 517 g/mol. The third kappa shape index (κ3) is 2.78. The number of allylic oxidation sites excluding steroid dienone is 1. The van der Waals surface area contributed by atoms with Gasteiger partial charge in [0.25, 0.3) is 0 Å². The maximum atomic E-state index is 14.9. The predicted molar refractivity (Wildman–Crippen MR) is 121 cm³/mol. The van der Waals surface area contributed by atoms with Gasteiger partial charge in [0.1, 0.15) is 11.6 Å². The number of halogens is 3. The first-order chi connectivity index (χ1) is 13.4. The Bertz CT molecular complexity index is 1270. The van der Waals surface area contributed by atoms with Crippen LogP contribution in [0.25, 0.3) is 27.7 Å². The Morgan fingerprint density at radius 1 is 1.11 bits per heavy atom. The van der Waals surface area contributed by atoms with E-state index in [2.05, 4.69) is 55.1 Å². The lowest BCUT2D eigenvalue weighted by Crippen LogP contribution is -2.21. The van der Waals surface area contributed by atoms with Gasteiger partial charge in [0, 0.05) is 19.2 Å². The second-order valence-electron chi connectivity index (χ2n) is 6.82. The van der Waals surface area contributed by atoms with E-state index >= 15 is 0 Å². The minimum Gasteiger partial charge on any atom is -0.464 e. The van der Waals surface area contributed by atoms with Crippen LogP contribution >= 0.6 is 43.2 Å². The van der Waals surface area contributed by atoms with Crippen LogP contribution < -0.4 is 4.74 Å². The fourth-order valence-electron chi connectivity index (χ4n) is 3.62. The van der Waals surface area contributed by atoms with E-state index in [0.29, 0.717) is 15.8 Å². The van der Waals surface area contributed by atoms with Gasteiger partial charge in [-0.25, -0.2) is 4.39 Å². The molecule has 6 heteroatoms. The lowest BCUT2D eigenvalue weighted by Gasteiger charge is -2.29. The van der Waals surface area contributed by atoms with Gasteiger partial charge in [-0.1, -0.05) is 38.4 Å². The third-order valence-electron chi connectivity index (χ3n) is 4.84. The third-order valence-corrected chi connectivity index (χ3v) is 7.07. The van der Waals surface area contributed by atoms with E-state index in [4.69, 9.17) is 4.74 Å². The molecule has 0 fully saturated rings. The van der Waals surface area contributed by atoms with E-state index in [1.165, 1.54) is 6.07 Å². The van der Waals surface area contributed by atoms with Gasteiger partial charge < -0.3 is 4.74 Å². The number of fused-ring (bicyclic) bond motifs is 5. The summed E-state index contributed by atoms with van der Waals surface area (Å²) in [5.74, 6) is 0.233. The Morgan fingerprint density at radius 3 is 2.68 bits per heavy atom. The minimum atomic E-state index is -0.368. The first kappa shape index (κ1) is 18.2. The molecule has 0 saturated heterocycles. The highest BCUT2D eigenvalue weighted by molar-refractivity contribution is 9.10. The van der Waals surface area contributed by atoms with Crippen molar-refractivity contribution >= 4 is 59.7 Å². The van der Waals surface area contributed by atoms with Gasteiger partial charge >= 0.3 is 0 Å². The van der Waals surface area contributed by atoms with Crippen LogP contribution in [0.5, 0.6) is 5.75 Å². The number of nitrogens with zero attached hydrogens (tertiary/aromatic N) is 1. The van der Waals surface area contributed by atoms with Gasteiger partial charge in [-0.2, -0.15) is 0 Å².